The summed E-state index contributed by atoms with van der Waals surface area (Å²) in [4.78, 5) is 0. The maximum atomic E-state index is 4.29. The molecule has 0 saturated carbocycles. The van der Waals surface area contributed by atoms with Crippen LogP contribution in [0.3, 0.4) is 0 Å². The van der Waals surface area contributed by atoms with Crippen molar-refractivity contribution in [3.63, 3.8) is 0 Å². The van der Waals surface area contributed by atoms with Crippen LogP contribution in [-0.2, 0) is 6.42 Å². The molecule has 0 spiro atoms. The van der Waals surface area contributed by atoms with Gasteiger partial charge < -0.3 is 5.32 Å². The summed E-state index contributed by atoms with van der Waals surface area (Å²) >= 11 is 3.55. The number of fused-ring (bicyclic) bond motifs is 1. The van der Waals surface area contributed by atoms with Crippen molar-refractivity contribution in [2.45, 2.75) is 31.7 Å². The summed E-state index contributed by atoms with van der Waals surface area (Å²) in [5.74, 6) is 1.03. The Labute approximate surface area is 109 Å². The molecule has 0 aliphatic carbocycles. The predicted molar refractivity (Wildman–Crippen MR) is 70.0 cm³/mol. The van der Waals surface area contributed by atoms with Crippen LogP contribution in [0.2, 0.25) is 0 Å². The van der Waals surface area contributed by atoms with Crippen molar-refractivity contribution in [2.75, 3.05) is 6.54 Å². The molecule has 1 N–H and O–H groups in total. The fourth-order valence-corrected chi connectivity index (χ4v) is 2.95. The number of piperidine rings is 1. The molecular formula is C12H15BrN4. The van der Waals surface area contributed by atoms with Crippen molar-refractivity contribution in [1.82, 2.24) is 19.9 Å². The second-order valence-electron chi connectivity index (χ2n) is 4.51. The average molecular weight is 295 g/mol. The third-order valence-electron chi connectivity index (χ3n) is 3.29. The molecule has 5 heteroatoms. The Balaban J connectivity index is 1.89. The minimum absolute atomic E-state index is 0.545. The summed E-state index contributed by atoms with van der Waals surface area (Å²) in [7, 11) is 0. The Kier molecular flexibility index (Phi) is 3.11. The molecule has 3 heterocycles. The second-order valence-corrected chi connectivity index (χ2v) is 5.32. The smallest absolute Gasteiger partial charge is 0.161 e. The molecule has 2 aromatic heterocycles. The van der Waals surface area contributed by atoms with E-state index < -0.39 is 0 Å². The molecule has 1 unspecified atom stereocenters. The molecule has 1 aliphatic rings. The van der Waals surface area contributed by atoms with Crippen LogP contribution < -0.4 is 5.32 Å². The number of nitrogens with one attached hydrogen (secondary N) is 1. The highest BCUT2D eigenvalue weighted by molar-refractivity contribution is 9.10. The highest BCUT2D eigenvalue weighted by Gasteiger charge is 2.17. The van der Waals surface area contributed by atoms with Gasteiger partial charge in [-0.25, -0.2) is 0 Å². The number of aromatic nitrogens is 3. The van der Waals surface area contributed by atoms with Crippen molar-refractivity contribution in [2.24, 2.45) is 0 Å². The van der Waals surface area contributed by atoms with Gasteiger partial charge in [0.1, 0.15) is 5.82 Å². The first-order valence-electron chi connectivity index (χ1n) is 6.06. The van der Waals surface area contributed by atoms with E-state index in [0.717, 1.165) is 29.0 Å². The Morgan fingerprint density at radius 2 is 2.29 bits per heavy atom. The lowest BCUT2D eigenvalue weighted by Crippen LogP contribution is -2.36. The van der Waals surface area contributed by atoms with E-state index in [2.05, 4.69) is 35.8 Å². The lowest BCUT2D eigenvalue weighted by atomic mass is 10.0. The van der Waals surface area contributed by atoms with E-state index in [1.54, 1.807) is 0 Å². The molecule has 1 saturated heterocycles. The number of nitrogens with zero attached hydrogens (tertiary/aromatic N) is 3. The van der Waals surface area contributed by atoms with Crippen LogP contribution in [0.5, 0.6) is 0 Å². The third kappa shape index (κ3) is 2.21. The van der Waals surface area contributed by atoms with E-state index in [0.29, 0.717) is 6.04 Å². The van der Waals surface area contributed by atoms with Gasteiger partial charge in [0.2, 0.25) is 0 Å². The van der Waals surface area contributed by atoms with Gasteiger partial charge in [0, 0.05) is 12.5 Å². The highest BCUT2D eigenvalue weighted by atomic mass is 79.9. The van der Waals surface area contributed by atoms with Gasteiger partial charge in [-0.05, 0) is 47.4 Å². The van der Waals surface area contributed by atoms with E-state index in [1.165, 1.54) is 19.3 Å². The Bertz CT molecular complexity index is 516. The molecular weight excluding hydrogens is 280 g/mol. The Morgan fingerprint density at radius 1 is 1.35 bits per heavy atom. The zero-order chi connectivity index (χ0) is 11.7. The van der Waals surface area contributed by atoms with Gasteiger partial charge in [0.25, 0.3) is 0 Å². The molecule has 0 radical (unpaired) electrons. The number of pyridine rings is 1. The molecule has 1 fully saturated rings. The van der Waals surface area contributed by atoms with E-state index in [1.807, 2.05) is 18.2 Å². The SMILES string of the molecule is Brc1cccc2nnc(CC3CCCCN3)n12. The predicted octanol–water partition coefficient (Wildman–Crippen LogP) is 2.18. The first-order valence-corrected chi connectivity index (χ1v) is 6.86. The van der Waals surface area contributed by atoms with E-state index >= 15 is 0 Å². The maximum absolute atomic E-state index is 4.29. The average Bonchev–Trinajstić information content (AvgIpc) is 2.75. The van der Waals surface area contributed by atoms with Crippen LogP contribution in [0.1, 0.15) is 25.1 Å². The van der Waals surface area contributed by atoms with Crippen molar-refractivity contribution < 1.29 is 0 Å². The largest absolute Gasteiger partial charge is 0.314 e. The van der Waals surface area contributed by atoms with Gasteiger partial charge in [-0.15, -0.1) is 10.2 Å². The zero-order valence-corrected chi connectivity index (χ0v) is 11.2. The number of hydrogen-bond donors (Lipinski definition) is 1. The molecule has 4 nitrogen and oxygen atoms in total. The first kappa shape index (κ1) is 11.2. The van der Waals surface area contributed by atoms with E-state index in [-0.39, 0.29) is 0 Å². The van der Waals surface area contributed by atoms with Crippen molar-refractivity contribution in [3.8, 4) is 0 Å². The standard InChI is InChI=1S/C12H15BrN4/c13-10-5-3-6-11-15-16-12(17(10)11)8-9-4-1-2-7-14-9/h3,5-6,9,14H,1-2,4,7-8H2. The summed E-state index contributed by atoms with van der Waals surface area (Å²) in [5, 5.41) is 12.0. The first-order chi connectivity index (χ1) is 8.34. The number of rotatable bonds is 2. The van der Waals surface area contributed by atoms with Gasteiger partial charge in [0.15, 0.2) is 5.65 Å². The molecule has 17 heavy (non-hydrogen) atoms. The molecule has 0 aromatic carbocycles. The van der Waals surface area contributed by atoms with Crippen LogP contribution in [-0.4, -0.2) is 27.2 Å². The van der Waals surface area contributed by atoms with Crippen LogP contribution in [0.15, 0.2) is 22.8 Å². The maximum Gasteiger partial charge on any atom is 0.161 e. The molecule has 90 valence electrons. The van der Waals surface area contributed by atoms with Gasteiger partial charge in [-0.1, -0.05) is 12.5 Å². The lowest BCUT2D eigenvalue weighted by molar-refractivity contribution is 0.393. The summed E-state index contributed by atoms with van der Waals surface area (Å²) in [6, 6.07) is 6.53. The number of halogens is 1. The summed E-state index contributed by atoms with van der Waals surface area (Å²) < 4.78 is 3.10. The second kappa shape index (κ2) is 4.74. The fourth-order valence-electron chi connectivity index (χ4n) is 2.41. The summed E-state index contributed by atoms with van der Waals surface area (Å²) in [6.07, 6.45) is 4.79. The minimum Gasteiger partial charge on any atom is -0.314 e. The van der Waals surface area contributed by atoms with Crippen molar-refractivity contribution >= 4 is 21.6 Å². The molecule has 2 aromatic rings. The van der Waals surface area contributed by atoms with Crippen LogP contribution in [0.4, 0.5) is 0 Å². The highest BCUT2D eigenvalue weighted by Crippen LogP contribution is 2.17. The summed E-state index contributed by atoms with van der Waals surface area (Å²) in [5.41, 5.74) is 0.908. The van der Waals surface area contributed by atoms with Gasteiger partial charge in [-0.2, -0.15) is 0 Å². The number of hydrogen-bond acceptors (Lipinski definition) is 3. The summed E-state index contributed by atoms with van der Waals surface area (Å²) in [6.45, 7) is 1.13. The van der Waals surface area contributed by atoms with Crippen LogP contribution in [0.25, 0.3) is 5.65 Å². The van der Waals surface area contributed by atoms with E-state index in [4.69, 9.17) is 0 Å². The monoisotopic (exact) mass is 294 g/mol. The minimum atomic E-state index is 0.545. The van der Waals surface area contributed by atoms with Crippen LogP contribution >= 0.6 is 15.9 Å². The third-order valence-corrected chi connectivity index (χ3v) is 3.91. The molecule has 1 aliphatic heterocycles. The van der Waals surface area contributed by atoms with Crippen LogP contribution in [0, 0.1) is 0 Å². The molecule has 0 bridgehead atoms. The quantitative estimate of drug-likeness (QED) is 0.864. The fraction of sp³-hybridized carbons (Fsp3) is 0.500. The molecule has 1 atom stereocenters. The van der Waals surface area contributed by atoms with Gasteiger partial charge in [-0.3, -0.25) is 4.40 Å². The zero-order valence-electron chi connectivity index (χ0n) is 9.56. The van der Waals surface area contributed by atoms with Crippen molar-refractivity contribution in [3.05, 3.63) is 28.6 Å². The molecule has 3 rings (SSSR count). The van der Waals surface area contributed by atoms with E-state index in [9.17, 15) is 0 Å². The van der Waals surface area contributed by atoms with Gasteiger partial charge in [0.05, 0.1) is 4.60 Å². The lowest BCUT2D eigenvalue weighted by Gasteiger charge is -2.22. The normalized spacial score (nSPS) is 20.9. The van der Waals surface area contributed by atoms with Crippen molar-refractivity contribution in [1.29, 1.82) is 0 Å². The Morgan fingerprint density at radius 3 is 3.12 bits per heavy atom. The Hall–Kier alpha value is -0.940. The van der Waals surface area contributed by atoms with Gasteiger partial charge >= 0.3 is 0 Å². The topological polar surface area (TPSA) is 42.2 Å². The molecule has 0 amide bonds.